The maximum atomic E-state index is 6.29. The van der Waals surface area contributed by atoms with Gasteiger partial charge in [-0.25, -0.2) is 0 Å². The average molecular weight is 303 g/mol. The molecule has 3 nitrogen and oxygen atoms in total. The molecular weight excluding hydrogens is 280 g/mol. The smallest absolute Gasteiger partial charge is 0.0587 e. The van der Waals surface area contributed by atoms with Crippen LogP contribution in [0.1, 0.15) is 5.56 Å². The van der Waals surface area contributed by atoms with Gasteiger partial charge in [0.05, 0.1) is 6.61 Å². The van der Waals surface area contributed by atoms with Crippen molar-refractivity contribution in [1.29, 1.82) is 0 Å². The van der Waals surface area contributed by atoms with Crippen molar-refractivity contribution in [3.05, 3.63) is 28.8 Å². The molecule has 0 radical (unpaired) electrons. The van der Waals surface area contributed by atoms with E-state index in [9.17, 15) is 0 Å². The zero-order valence-electron chi connectivity index (χ0n) is 11.9. The zero-order valence-corrected chi connectivity index (χ0v) is 13.5. The third-order valence-corrected chi connectivity index (χ3v) is 4.09. The van der Waals surface area contributed by atoms with Gasteiger partial charge in [-0.1, -0.05) is 17.7 Å². The van der Waals surface area contributed by atoms with E-state index in [0.717, 1.165) is 30.4 Å². The SMILES string of the molecule is COCCNCc1c(Cl)cccc1SCCN(C)C. The quantitative estimate of drug-likeness (QED) is 0.560. The molecule has 0 atom stereocenters. The summed E-state index contributed by atoms with van der Waals surface area (Å²) in [4.78, 5) is 3.45. The van der Waals surface area contributed by atoms with Crippen molar-refractivity contribution in [2.24, 2.45) is 0 Å². The normalized spacial score (nSPS) is 11.2. The van der Waals surface area contributed by atoms with E-state index in [4.69, 9.17) is 16.3 Å². The highest BCUT2D eigenvalue weighted by atomic mass is 35.5. The molecule has 0 bridgehead atoms. The van der Waals surface area contributed by atoms with Crippen molar-refractivity contribution in [3.63, 3.8) is 0 Å². The number of thioether (sulfide) groups is 1. The first-order valence-electron chi connectivity index (χ1n) is 6.39. The molecule has 19 heavy (non-hydrogen) atoms. The Labute approximate surface area is 125 Å². The summed E-state index contributed by atoms with van der Waals surface area (Å²) >= 11 is 8.14. The van der Waals surface area contributed by atoms with Crippen molar-refractivity contribution >= 4 is 23.4 Å². The highest BCUT2D eigenvalue weighted by Crippen LogP contribution is 2.28. The molecule has 0 aromatic heterocycles. The molecule has 0 heterocycles. The Morgan fingerprint density at radius 2 is 2.16 bits per heavy atom. The van der Waals surface area contributed by atoms with Crippen molar-refractivity contribution in [2.75, 3.05) is 46.7 Å². The molecule has 1 aromatic rings. The molecule has 0 saturated heterocycles. The fourth-order valence-electron chi connectivity index (χ4n) is 1.57. The molecule has 0 aliphatic heterocycles. The van der Waals surface area contributed by atoms with Gasteiger partial charge in [0.2, 0.25) is 0 Å². The minimum atomic E-state index is 0.716. The van der Waals surface area contributed by atoms with E-state index in [1.807, 2.05) is 23.9 Å². The molecule has 1 N–H and O–H groups in total. The van der Waals surface area contributed by atoms with E-state index in [2.05, 4.69) is 30.4 Å². The largest absolute Gasteiger partial charge is 0.383 e. The molecule has 1 rings (SSSR count). The summed E-state index contributed by atoms with van der Waals surface area (Å²) in [7, 11) is 5.89. The van der Waals surface area contributed by atoms with Crippen LogP contribution in [0, 0.1) is 0 Å². The lowest BCUT2D eigenvalue weighted by atomic mass is 10.2. The Bertz CT molecular complexity index is 374. The van der Waals surface area contributed by atoms with Crippen molar-refractivity contribution in [1.82, 2.24) is 10.2 Å². The summed E-state index contributed by atoms with van der Waals surface area (Å²) in [6.07, 6.45) is 0. The number of rotatable bonds is 9. The summed E-state index contributed by atoms with van der Waals surface area (Å²) in [5.74, 6) is 1.07. The van der Waals surface area contributed by atoms with Gasteiger partial charge in [0.1, 0.15) is 0 Å². The Morgan fingerprint density at radius 1 is 1.37 bits per heavy atom. The number of nitrogens with one attached hydrogen (secondary N) is 1. The Hall–Kier alpha value is -0.260. The topological polar surface area (TPSA) is 24.5 Å². The molecule has 0 aliphatic rings. The van der Waals surface area contributed by atoms with Crippen LogP contribution < -0.4 is 5.32 Å². The molecule has 0 amide bonds. The third kappa shape index (κ3) is 6.63. The highest BCUT2D eigenvalue weighted by molar-refractivity contribution is 7.99. The van der Waals surface area contributed by atoms with Gasteiger partial charge in [-0.3, -0.25) is 0 Å². The Kier molecular flexibility index (Phi) is 8.50. The van der Waals surface area contributed by atoms with Gasteiger partial charge in [0.25, 0.3) is 0 Å². The van der Waals surface area contributed by atoms with Gasteiger partial charge in [0, 0.05) is 42.4 Å². The first kappa shape index (κ1) is 16.8. The number of hydrogen-bond donors (Lipinski definition) is 1. The van der Waals surface area contributed by atoms with Gasteiger partial charge in [-0.05, 0) is 31.8 Å². The second-order valence-corrected chi connectivity index (χ2v) is 6.08. The fraction of sp³-hybridized carbons (Fsp3) is 0.571. The Balaban J connectivity index is 2.56. The third-order valence-electron chi connectivity index (χ3n) is 2.66. The molecule has 5 heteroatoms. The van der Waals surface area contributed by atoms with Crippen LogP contribution in [0.3, 0.4) is 0 Å². The summed E-state index contributed by atoms with van der Waals surface area (Å²) in [6, 6.07) is 6.10. The fourth-order valence-corrected chi connectivity index (χ4v) is 3.08. The summed E-state index contributed by atoms with van der Waals surface area (Å²) < 4.78 is 5.03. The average Bonchev–Trinajstić information content (AvgIpc) is 2.36. The number of ether oxygens (including phenoxy) is 1. The summed E-state index contributed by atoms with van der Waals surface area (Å²) in [5, 5.41) is 4.18. The molecule has 1 aromatic carbocycles. The maximum Gasteiger partial charge on any atom is 0.0587 e. The van der Waals surface area contributed by atoms with Gasteiger partial charge < -0.3 is 15.0 Å². The Morgan fingerprint density at radius 3 is 2.84 bits per heavy atom. The minimum absolute atomic E-state index is 0.716. The van der Waals surface area contributed by atoms with Gasteiger partial charge in [0.15, 0.2) is 0 Å². The second-order valence-electron chi connectivity index (χ2n) is 4.54. The lowest BCUT2D eigenvalue weighted by Gasteiger charge is -2.13. The number of methoxy groups -OCH3 is 1. The number of benzene rings is 1. The predicted octanol–water partition coefficient (Wildman–Crippen LogP) is 2.73. The molecule has 108 valence electrons. The molecular formula is C14H23ClN2OS. The van der Waals surface area contributed by atoms with E-state index >= 15 is 0 Å². The van der Waals surface area contributed by atoms with E-state index in [-0.39, 0.29) is 0 Å². The molecule has 0 fully saturated rings. The first-order valence-corrected chi connectivity index (χ1v) is 7.76. The van der Waals surface area contributed by atoms with Crippen molar-refractivity contribution in [2.45, 2.75) is 11.4 Å². The van der Waals surface area contributed by atoms with Crippen LogP contribution in [0.15, 0.2) is 23.1 Å². The van der Waals surface area contributed by atoms with Crippen LogP contribution in [0.2, 0.25) is 5.02 Å². The zero-order chi connectivity index (χ0) is 14.1. The van der Waals surface area contributed by atoms with Crippen LogP contribution in [0.5, 0.6) is 0 Å². The van der Waals surface area contributed by atoms with Crippen LogP contribution >= 0.6 is 23.4 Å². The lowest BCUT2D eigenvalue weighted by molar-refractivity contribution is 0.199. The van der Waals surface area contributed by atoms with E-state index < -0.39 is 0 Å². The standard InChI is InChI=1S/C14H23ClN2OS/c1-17(2)8-10-19-14-6-4-5-13(15)12(14)11-16-7-9-18-3/h4-6,16H,7-11H2,1-3H3. The summed E-state index contributed by atoms with van der Waals surface area (Å²) in [6.45, 7) is 3.40. The van der Waals surface area contributed by atoms with Crippen LogP contribution in [0.4, 0.5) is 0 Å². The number of halogens is 1. The van der Waals surface area contributed by atoms with Gasteiger partial charge in [-0.15, -0.1) is 11.8 Å². The first-order chi connectivity index (χ1) is 9.15. The van der Waals surface area contributed by atoms with E-state index in [1.54, 1.807) is 7.11 Å². The highest BCUT2D eigenvalue weighted by Gasteiger charge is 2.07. The molecule has 0 aliphatic carbocycles. The van der Waals surface area contributed by atoms with E-state index in [0.29, 0.717) is 6.61 Å². The van der Waals surface area contributed by atoms with Crippen molar-refractivity contribution in [3.8, 4) is 0 Å². The lowest BCUT2D eigenvalue weighted by Crippen LogP contribution is -2.19. The predicted molar refractivity (Wildman–Crippen MR) is 84.3 cm³/mol. The van der Waals surface area contributed by atoms with E-state index in [1.165, 1.54) is 10.5 Å². The molecule has 0 saturated carbocycles. The monoisotopic (exact) mass is 302 g/mol. The maximum absolute atomic E-state index is 6.29. The van der Waals surface area contributed by atoms with Crippen LogP contribution in [-0.4, -0.2) is 51.6 Å². The second kappa shape index (κ2) is 9.61. The van der Waals surface area contributed by atoms with Gasteiger partial charge in [-0.2, -0.15) is 0 Å². The van der Waals surface area contributed by atoms with Crippen LogP contribution in [0.25, 0.3) is 0 Å². The number of nitrogens with zero attached hydrogens (tertiary/aromatic N) is 1. The van der Waals surface area contributed by atoms with Crippen molar-refractivity contribution < 1.29 is 4.74 Å². The summed E-state index contributed by atoms with van der Waals surface area (Å²) in [5.41, 5.74) is 1.18. The molecule has 0 spiro atoms. The van der Waals surface area contributed by atoms with Crippen LogP contribution in [-0.2, 0) is 11.3 Å². The molecule has 0 unspecified atom stereocenters. The minimum Gasteiger partial charge on any atom is -0.383 e. The number of hydrogen-bond acceptors (Lipinski definition) is 4. The van der Waals surface area contributed by atoms with Gasteiger partial charge >= 0.3 is 0 Å².